The first-order valence-electron chi connectivity index (χ1n) is 7.57. The van der Waals surface area contributed by atoms with E-state index < -0.39 is 0 Å². The molecule has 2 atom stereocenters. The number of nitrogens with one attached hydrogen (secondary N) is 1. The van der Waals surface area contributed by atoms with Crippen LogP contribution < -0.4 is 5.32 Å². The molecule has 1 aromatic heterocycles. The predicted octanol–water partition coefficient (Wildman–Crippen LogP) is 3.74. The zero-order valence-electron chi connectivity index (χ0n) is 12.2. The Hall–Kier alpha value is -0.450. The summed E-state index contributed by atoms with van der Waals surface area (Å²) in [6.07, 6.45) is 6.93. The average molecular weight is 282 g/mol. The van der Waals surface area contributed by atoms with E-state index in [1.807, 2.05) is 0 Å². The molecule has 0 aliphatic heterocycles. The number of ether oxygens (including phenoxy) is 1. The van der Waals surface area contributed by atoms with Crippen molar-refractivity contribution in [3.63, 3.8) is 0 Å². The first kappa shape index (κ1) is 14.9. The first-order valence-corrected chi connectivity index (χ1v) is 8.45. The molecule has 1 N–H and O–H groups in total. The summed E-state index contributed by atoms with van der Waals surface area (Å²) in [4.78, 5) is 4.60. The topological polar surface area (TPSA) is 34.2 Å². The van der Waals surface area contributed by atoms with E-state index in [4.69, 9.17) is 4.74 Å². The lowest BCUT2D eigenvalue weighted by Gasteiger charge is -2.28. The van der Waals surface area contributed by atoms with Crippen LogP contribution in [0, 0.1) is 5.92 Å². The quantitative estimate of drug-likeness (QED) is 0.827. The molecule has 0 amide bonds. The van der Waals surface area contributed by atoms with Crippen molar-refractivity contribution in [2.45, 2.75) is 65.2 Å². The molecule has 2 rings (SSSR count). The van der Waals surface area contributed by atoms with Gasteiger partial charge in [0.25, 0.3) is 0 Å². The van der Waals surface area contributed by atoms with E-state index in [-0.39, 0.29) is 0 Å². The Balaban J connectivity index is 1.73. The van der Waals surface area contributed by atoms with Crippen molar-refractivity contribution < 1.29 is 4.74 Å². The van der Waals surface area contributed by atoms with Gasteiger partial charge in [-0.1, -0.05) is 33.1 Å². The lowest BCUT2D eigenvalue weighted by Crippen LogP contribution is -2.22. The minimum Gasteiger partial charge on any atom is -0.372 e. The minimum absolute atomic E-state index is 0.456. The van der Waals surface area contributed by atoms with Crippen LogP contribution in [0.2, 0.25) is 0 Å². The molecule has 19 heavy (non-hydrogen) atoms. The molecule has 1 heterocycles. The number of thiazole rings is 1. The summed E-state index contributed by atoms with van der Waals surface area (Å²) in [7, 11) is 0. The van der Waals surface area contributed by atoms with Gasteiger partial charge >= 0.3 is 0 Å². The Kier molecular flexibility index (Phi) is 6.28. The van der Waals surface area contributed by atoms with E-state index in [9.17, 15) is 0 Å². The maximum Gasteiger partial charge on any atom is 0.107 e. The van der Waals surface area contributed by atoms with Gasteiger partial charge in [-0.2, -0.15) is 0 Å². The van der Waals surface area contributed by atoms with Gasteiger partial charge in [0.05, 0.1) is 18.4 Å². The number of nitrogens with zero attached hydrogens (tertiary/aromatic N) is 1. The van der Waals surface area contributed by atoms with Gasteiger partial charge in [0, 0.05) is 11.9 Å². The van der Waals surface area contributed by atoms with Crippen LogP contribution in [0.15, 0.2) is 5.38 Å². The first-order chi connectivity index (χ1) is 9.31. The molecule has 0 aromatic carbocycles. The van der Waals surface area contributed by atoms with Crippen molar-refractivity contribution in [1.82, 2.24) is 10.3 Å². The number of hydrogen-bond donors (Lipinski definition) is 1. The van der Waals surface area contributed by atoms with E-state index in [2.05, 4.69) is 29.5 Å². The van der Waals surface area contributed by atoms with Crippen molar-refractivity contribution in [1.29, 1.82) is 0 Å². The van der Waals surface area contributed by atoms with E-state index in [0.717, 1.165) is 29.7 Å². The third kappa shape index (κ3) is 4.86. The molecule has 0 bridgehead atoms. The highest BCUT2D eigenvalue weighted by Crippen LogP contribution is 2.29. The van der Waals surface area contributed by atoms with E-state index in [0.29, 0.717) is 12.7 Å². The van der Waals surface area contributed by atoms with Crippen molar-refractivity contribution >= 4 is 11.3 Å². The zero-order chi connectivity index (χ0) is 13.5. The zero-order valence-corrected chi connectivity index (χ0v) is 13.0. The molecule has 1 fully saturated rings. The fraction of sp³-hybridized carbons (Fsp3) is 0.800. The standard InChI is InChI=1S/C15H26N2OS/c1-3-12-6-5-7-14(8-12)18-10-13-11-19-15(17-13)9-16-4-2/h11-12,14,16H,3-10H2,1-2H3. The monoisotopic (exact) mass is 282 g/mol. The van der Waals surface area contributed by atoms with Gasteiger partial charge in [-0.25, -0.2) is 4.98 Å². The Labute approximate surface area is 120 Å². The molecule has 0 saturated heterocycles. The largest absolute Gasteiger partial charge is 0.372 e. The molecule has 4 heteroatoms. The fourth-order valence-electron chi connectivity index (χ4n) is 2.70. The Morgan fingerprint density at radius 1 is 1.42 bits per heavy atom. The maximum atomic E-state index is 6.04. The molecular formula is C15H26N2OS. The molecule has 0 spiro atoms. The third-order valence-corrected chi connectivity index (χ3v) is 4.80. The molecule has 1 aliphatic carbocycles. The van der Waals surface area contributed by atoms with Crippen LogP contribution in [0.1, 0.15) is 56.7 Å². The molecule has 1 saturated carbocycles. The van der Waals surface area contributed by atoms with Gasteiger partial charge in [-0.15, -0.1) is 11.3 Å². The van der Waals surface area contributed by atoms with E-state index >= 15 is 0 Å². The van der Waals surface area contributed by atoms with Gasteiger partial charge in [0.2, 0.25) is 0 Å². The highest BCUT2D eigenvalue weighted by Gasteiger charge is 2.21. The van der Waals surface area contributed by atoms with Crippen LogP contribution in [-0.2, 0) is 17.9 Å². The van der Waals surface area contributed by atoms with E-state index in [1.165, 1.54) is 32.1 Å². The smallest absolute Gasteiger partial charge is 0.107 e. The minimum atomic E-state index is 0.456. The predicted molar refractivity (Wildman–Crippen MR) is 80.3 cm³/mol. The summed E-state index contributed by atoms with van der Waals surface area (Å²) in [6.45, 7) is 6.96. The highest BCUT2D eigenvalue weighted by atomic mass is 32.1. The summed E-state index contributed by atoms with van der Waals surface area (Å²) in [6, 6.07) is 0. The van der Waals surface area contributed by atoms with Crippen LogP contribution in [0.25, 0.3) is 0 Å². The lowest BCUT2D eigenvalue weighted by molar-refractivity contribution is 0.000499. The molecule has 3 nitrogen and oxygen atoms in total. The van der Waals surface area contributed by atoms with Gasteiger partial charge < -0.3 is 10.1 Å². The lowest BCUT2D eigenvalue weighted by atomic mass is 9.85. The number of hydrogen-bond acceptors (Lipinski definition) is 4. The molecule has 108 valence electrons. The second kappa shape index (κ2) is 7.98. The summed E-state index contributed by atoms with van der Waals surface area (Å²) < 4.78 is 6.04. The maximum absolute atomic E-state index is 6.04. The van der Waals surface area contributed by atoms with E-state index in [1.54, 1.807) is 11.3 Å². The molecule has 1 aromatic rings. The summed E-state index contributed by atoms with van der Waals surface area (Å²) >= 11 is 1.73. The van der Waals surface area contributed by atoms with Crippen LogP contribution in [0.5, 0.6) is 0 Å². The molecule has 2 unspecified atom stereocenters. The summed E-state index contributed by atoms with van der Waals surface area (Å²) in [5.41, 5.74) is 1.09. The van der Waals surface area contributed by atoms with Crippen LogP contribution in [0.3, 0.4) is 0 Å². The van der Waals surface area contributed by atoms with Crippen LogP contribution >= 0.6 is 11.3 Å². The molecule has 0 radical (unpaired) electrons. The van der Waals surface area contributed by atoms with Gasteiger partial charge in [-0.3, -0.25) is 0 Å². The van der Waals surface area contributed by atoms with Gasteiger partial charge in [0.15, 0.2) is 0 Å². The van der Waals surface area contributed by atoms with Gasteiger partial charge in [0.1, 0.15) is 5.01 Å². The summed E-state index contributed by atoms with van der Waals surface area (Å²) in [5, 5.41) is 6.60. The second-order valence-electron chi connectivity index (χ2n) is 5.39. The molecular weight excluding hydrogens is 256 g/mol. The van der Waals surface area contributed by atoms with Crippen molar-refractivity contribution in [3.8, 4) is 0 Å². The molecule has 1 aliphatic rings. The third-order valence-electron chi connectivity index (χ3n) is 3.90. The Morgan fingerprint density at radius 2 is 2.32 bits per heavy atom. The number of rotatable bonds is 7. The SMILES string of the molecule is CCNCc1nc(COC2CCCC(CC)C2)cs1. The van der Waals surface area contributed by atoms with Crippen molar-refractivity contribution in [2.75, 3.05) is 6.54 Å². The number of aromatic nitrogens is 1. The Bertz CT molecular complexity index is 367. The van der Waals surface area contributed by atoms with Crippen LogP contribution in [0.4, 0.5) is 0 Å². The van der Waals surface area contributed by atoms with Crippen molar-refractivity contribution in [3.05, 3.63) is 16.1 Å². The normalized spacial score (nSPS) is 23.7. The average Bonchev–Trinajstić information content (AvgIpc) is 2.91. The fourth-order valence-corrected chi connectivity index (χ4v) is 3.44. The Morgan fingerprint density at radius 3 is 3.11 bits per heavy atom. The van der Waals surface area contributed by atoms with Gasteiger partial charge in [-0.05, 0) is 25.3 Å². The van der Waals surface area contributed by atoms with Crippen molar-refractivity contribution in [2.24, 2.45) is 5.92 Å². The second-order valence-corrected chi connectivity index (χ2v) is 6.33. The van der Waals surface area contributed by atoms with Crippen LogP contribution in [-0.4, -0.2) is 17.6 Å². The highest BCUT2D eigenvalue weighted by molar-refractivity contribution is 7.09. The summed E-state index contributed by atoms with van der Waals surface area (Å²) in [5.74, 6) is 0.874.